The van der Waals surface area contributed by atoms with Gasteiger partial charge < -0.3 is 9.12 Å². The molecular weight excluding hydrogens is 584 g/mol. The van der Waals surface area contributed by atoms with Crippen LogP contribution in [-0.2, 0) is 34.0 Å². The van der Waals surface area contributed by atoms with Crippen molar-refractivity contribution in [3.8, 4) is 11.1 Å². The fourth-order valence-electron chi connectivity index (χ4n) is 4.10. The van der Waals surface area contributed by atoms with Crippen molar-refractivity contribution in [1.29, 1.82) is 0 Å². The summed E-state index contributed by atoms with van der Waals surface area (Å²) in [5.41, 5.74) is -1.45. The molecule has 13 heteroatoms. The van der Waals surface area contributed by atoms with Crippen molar-refractivity contribution in [3.63, 3.8) is 0 Å². The Morgan fingerprint density at radius 3 is 2.32 bits per heavy atom. The number of carbonyl (C=O) groups is 1. The number of hydrogen-bond donors (Lipinski definition) is 1. The van der Waals surface area contributed by atoms with Crippen LogP contribution in [0.25, 0.3) is 11.1 Å². The van der Waals surface area contributed by atoms with Gasteiger partial charge in [-0.1, -0.05) is 32.4 Å². The molecule has 2 aromatic carbocycles. The first-order valence-corrected chi connectivity index (χ1v) is 15.9. The molecule has 0 aliphatic carbocycles. The van der Waals surface area contributed by atoms with Crippen LogP contribution in [0.15, 0.2) is 59.5 Å². The molecule has 2 atom stereocenters. The molecule has 1 aromatic heterocycles. The average molecular weight is 615 g/mol. The van der Waals surface area contributed by atoms with E-state index in [4.69, 9.17) is 0 Å². The molecule has 3 aromatic rings. The number of aromatic nitrogens is 1. The maximum absolute atomic E-state index is 14.4. The van der Waals surface area contributed by atoms with Crippen LogP contribution in [0.4, 0.5) is 17.6 Å². The van der Waals surface area contributed by atoms with Crippen molar-refractivity contribution in [2.45, 2.75) is 44.7 Å². The van der Waals surface area contributed by atoms with Crippen molar-refractivity contribution in [1.82, 2.24) is 9.29 Å². The largest absolute Gasteiger partial charge is 0.598 e. The number of ketones is 1. The predicted molar refractivity (Wildman–Crippen MR) is 150 cm³/mol. The molecule has 0 aliphatic rings. The summed E-state index contributed by atoms with van der Waals surface area (Å²) in [5.74, 6) is -1.94. The molecule has 0 aliphatic heterocycles. The first kappa shape index (κ1) is 32.5. The fraction of sp³-hybridized carbons (Fsp3) is 0.357. The van der Waals surface area contributed by atoms with Gasteiger partial charge in [-0.2, -0.15) is 13.2 Å². The molecule has 0 fully saturated rings. The van der Waals surface area contributed by atoms with Gasteiger partial charge in [-0.25, -0.2) is 12.8 Å². The van der Waals surface area contributed by atoms with Gasteiger partial charge in [-0.05, 0) is 53.4 Å². The highest BCUT2D eigenvalue weighted by molar-refractivity contribution is 7.90. The van der Waals surface area contributed by atoms with E-state index in [-0.39, 0.29) is 39.3 Å². The lowest BCUT2D eigenvalue weighted by Crippen LogP contribution is -2.40. The van der Waals surface area contributed by atoms with Crippen LogP contribution < -0.4 is 10.3 Å². The zero-order valence-electron chi connectivity index (χ0n) is 22.6. The molecule has 0 bridgehead atoms. The number of alkyl halides is 3. The topological polar surface area (TPSA) is 108 Å². The van der Waals surface area contributed by atoms with E-state index < -0.39 is 61.9 Å². The van der Waals surface area contributed by atoms with Gasteiger partial charge in [0.2, 0.25) is 0 Å². The number of halogens is 4. The van der Waals surface area contributed by atoms with Gasteiger partial charge in [0.05, 0.1) is 5.75 Å². The number of rotatable bonds is 12. The van der Waals surface area contributed by atoms with E-state index in [9.17, 15) is 40.1 Å². The Morgan fingerprint density at radius 1 is 1.07 bits per heavy atom. The zero-order valence-corrected chi connectivity index (χ0v) is 24.3. The normalized spacial score (nSPS) is 13.7. The third kappa shape index (κ3) is 8.28. The van der Waals surface area contributed by atoms with E-state index >= 15 is 0 Å². The molecule has 0 radical (unpaired) electrons. The minimum absolute atomic E-state index is 0.0408. The highest BCUT2D eigenvalue weighted by Gasteiger charge is 2.45. The number of pyridine rings is 1. The minimum Gasteiger partial charge on any atom is -0.598 e. The first-order valence-electron chi connectivity index (χ1n) is 12.7. The second-order valence-electron chi connectivity index (χ2n) is 9.48. The zero-order chi connectivity index (χ0) is 30.5. The molecule has 1 unspecified atom stereocenters. The Morgan fingerprint density at radius 2 is 1.73 bits per heavy atom. The Bertz CT molecular complexity index is 1560. The third-order valence-corrected chi connectivity index (χ3v) is 9.19. The summed E-state index contributed by atoms with van der Waals surface area (Å²) in [6.07, 6.45) is -2.86. The number of nitrogens with zero attached hydrogens (tertiary/aromatic N) is 1. The number of carbonyl (C=O) groups excluding carboxylic acids is 1. The second-order valence-corrected chi connectivity index (χ2v) is 13.2. The van der Waals surface area contributed by atoms with Crippen LogP contribution in [0.5, 0.6) is 0 Å². The van der Waals surface area contributed by atoms with Crippen LogP contribution >= 0.6 is 0 Å². The molecule has 1 heterocycles. The monoisotopic (exact) mass is 614 g/mol. The average Bonchev–Trinajstić information content (AvgIpc) is 2.91. The molecule has 222 valence electrons. The van der Waals surface area contributed by atoms with Gasteiger partial charge >= 0.3 is 6.18 Å². The van der Waals surface area contributed by atoms with Crippen molar-refractivity contribution in [2.24, 2.45) is 7.05 Å². The van der Waals surface area contributed by atoms with E-state index in [0.717, 1.165) is 29.0 Å². The number of nitrogens with one attached hydrogen (secondary N) is 1. The quantitative estimate of drug-likeness (QED) is 0.175. The lowest BCUT2D eigenvalue weighted by molar-refractivity contribution is -0.152. The van der Waals surface area contributed by atoms with Crippen molar-refractivity contribution in [3.05, 3.63) is 93.2 Å². The smallest absolute Gasteiger partial charge is 0.412 e. The summed E-state index contributed by atoms with van der Waals surface area (Å²) in [7, 11) is -2.25. The number of sulfone groups is 1. The summed E-state index contributed by atoms with van der Waals surface area (Å²) in [6.45, 7) is 3.24. The Kier molecular flexibility index (Phi) is 10.6. The number of aryl methyl sites for hydroxylation is 1. The maximum Gasteiger partial charge on any atom is 0.412 e. The van der Waals surface area contributed by atoms with E-state index in [1.807, 2.05) is 0 Å². The van der Waals surface area contributed by atoms with Gasteiger partial charge in [0, 0.05) is 53.1 Å². The van der Waals surface area contributed by atoms with Crippen LogP contribution in [0.1, 0.15) is 59.8 Å². The third-order valence-electron chi connectivity index (χ3n) is 6.38. The van der Waals surface area contributed by atoms with Crippen LogP contribution in [-0.4, -0.2) is 41.0 Å². The van der Waals surface area contributed by atoms with Gasteiger partial charge in [0.25, 0.3) is 5.56 Å². The summed E-state index contributed by atoms with van der Waals surface area (Å²) >= 11 is -2.10. The highest BCUT2D eigenvalue weighted by atomic mass is 32.2. The molecule has 0 saturated carbocycles. The van der Waals surface area contributed by atoms with Crippen LogP contribution in [0.2, 0.25) is 0 Å². The fourth-order valence-corrected chi connectivity index (χ4v) is 6.18. The summed E-state index contributed by atoms with van der Waals surface area (Å²) in [4.78, 5) is 26.1. The minimum atomic E-state index is -4.99. The Labute approximate surface area is 238 Å². The first-order chi connectivity index (χ1) is 19.2. The highest BCUT2D eigenvalue weighted by Crippen LogP contribution is 2.39. The summed E-state index contributed by atoms with van der Waals surface area (Å²) < 4.78 is 97.2. The molecule has 0 saturated heterocycles. The van der Waals surface area contributed by atoms with E-state index in [2.05, 4.69) is 4.72 Å². The molecule has 0 amide bonds. The summed E-state index contributed by atoms with van der Waals surface area (Å²) in [6, 6.07) is 6.75. The van der Waals surface area contributed by atoms with E-state index in [1.54, 1.807) is 6.92 Å². The number of benzene rings is 2. The van der Waals surface area contributed by atoms with Gasteiger partial charge in [-0.3, -0.25) is 9.59 Å². The van der Waals surface area contributed by atoms with Crippen LogP contribution in [0, 0.1) is 5.82 Å². The Balaban J connectivity index is 2.32. The number of unbranched alkanes of at least 4 members (excludes halogenated alkanes) is 1. The standard InChI is InChI=1S/C28H30F4N2O5S2/c1-4-6-13-40(37)33-27(28(30,31)32)23-15-25(35)34(3)16-24(23)22-14-18(17-41(38,39)5-2)7-12-21(22)26(36)19-8-10-20(29)11-9-19/h7-12,14-16,27,33H,4-6,13,17H2,1-3H3/t27-,40?/m1/s1. The van der Waals surface area contributed by atoms with E-state index in [1.165, 1.54) is 44.3 Å². The molecule has 7 nitrogen and oxygen atoms in total. The molecule has 3 rings (SSSR count). The second kappa shape index (κ2) is 13.3. The Hall–Kier alpha value is -3.00. The van der Waals surface area contributed by atoms with Crippen LogP contribution in [0.3, 0.4) is 0 Å². The maximum atomic E-state index is 14.4. The van der Waals surface area contributed by atoms with Gasteiger partial charge in [0.1, 0.15) is 11.6 Å². The van der Waals surface area contributed by atoms with Gasteiger partial charge in [-0.15, -0.1) is 4.72 Å². The lowest BCUT2D eigenvalue weighted by atomic mass is 9.89. The number of hydrogen-bond acceptors (Lipinski definition) is 6. The van der Waals surface area contributed by atoms with Crippen molar-refractivity contribution < 1.29 is 35.3 Å². The van der Waals surface area contributed by atoms with E-state index in [0.29, 0.717) is 12.8 Å². The van der Waals surface area contributed by atoms with Gasteiger partial charge in [0.15, 0.2) is 21.7 Å². The molecule has 41 heavy (non-hydrogen) atoms. The molecular formula is C28H30F4N2O5S2. The summed E-state index contributed by atoms with van der Waals surface area (Å²) in [5, 5.41) is 0. The van der Waals surface area contributed by atoms with Crippen molar-refractivity contribution in [2.75, 3.05) is 11.5 Å². The SMILES string of the molecule is CCCC[S+]([O-])N[C@H](c1cc(=O)n(C)cc1-c1cc(CS(=O)(=O)CC)ccc1C(=O)c1ccc(F)cc1)C(F)(F)F. The lowest BCUT2D eigenvalue weighted by Gasteiger charge is -2.26. The molecule has 1 N–H and O–H groups in total. The molecule has 0 spiro atoms. The van der Waals surface area contributed by atoms with Crippen molar-refractivity contribution >= 4 is 27.0 Å². The predicted octanol–water partition coefficient (Wildman–Crippen LogP) is 5.01.